The first-order valence-corrected chi connectivity index (χ1v) is 6.28. The van der Waals surface area contributed by atoms with Crippen LogP contribution >= 0.6 is 0 Å². The standard InChI is InChI=1S/C15H17FN2/c1-18-15-6-5-13(16)10-14(15)12-4-2-3-11(9-12)7-8-17/h4-6,10-11,18H,2-3,7,9H2,1H3. The molecule has 3 heteroatoms. The second-order valence-electron chi connectivity index (χ2n) is 4.68. The number of anilines is 1. The monoisotopic (exact) mass is 244 g/mol. The summed E-state index contributed by atoms with van der Waals surface area (Å²) in [4.78, 5) is 0. The van der Waals surface area contributed by atoms with E-state index in [1.165, 1.54) is 6.07 Å². The Morgan fingerprint density at radius 2 is 2.33 bits per heavy atom. The zero-order valence-corrected chi connectivity index (χ0v) is 10.5. The smallest absolute Gasteiger partial charge is 0.123 e. The number of nitrogens with one attached hydrogen (secondary N) is 1. The Balaban J connectivity index is 2.28. The molecule has 2 rings (SSSR count). The molecule has 0 radical (unpaired) electrons. The number of benzene rings is 1. The molecule has 0 bridgehead atoms. The molecule has 0 aromatic heterocycles. The number of hydrogen-bond donors (Lipinski definition) is 1. The van der Waals surface area contributed by atoms with Crippen molar-refractivity contribution in [1.29, 1.82) is 5.26 Å². The third-order valence-corrected chi connectivity index (χ3v) is 3.45. The molecule has 18 heavy (non-hydrogen) atoms. The summed E-state index contributed by atoms with van der Waals surface area (Å²) in [6.45, 7) is 0. The van der Waals surface area contributed by atoms with Crippen LogP contribution in [0.3, 0.4) is 0 Å². The van der Waals surface area contributed by atoms with Gasteiger partial charge in [-0.3, -0.25) is 0 Å². The van der Waals surface area contributed by atoms with Gasteiger partial charge >= 0.3 is 0 Å². The van der Waals surface area contributed by atoms with Gasteiger partial charge in [0.2, 0.25) is 0 Å². The Bertz CT molecular complexity index is 500. The molecular weight excluding hydrogens is 227 g/mol. The molecule has 1 aromatic carbocycles. The highest BCUT2D eigenvalue weighted by Gasteiger charge is 2.18. The van der Waals surface area contributed by atoms with Crippen molar-refractivity contribution in [3.05, 3.63) is 35.7 Å². The largest absolute Gasteiger partial charge is 0.388 e. The van der Waals surface area contributed by atoms with Gasteiger partial charge in [-0.2, -0.15) is 5.26 Å². The summed E-state index contributed by atoms with van der Waals surface area (Å²) < 4.78 is 13.4. The Kier molecular flexibility index (Phi) is 3.99. The van der Waals surface area contributed by atoms with E-state index < -0.39 is 0 Å². The first-order chi connectivity index (χ1) is 8.74. The van der Waals surface area contributed by atoms with Crippen molar-refractivity contribution < 1.29 is 4.39 Å². The van der Waals surface area contributed by atoms with Crippen LogP contribution in [-0.4, -0.2) is 7.05 Å². The van der Waals surface area contributed by atoms with Crippen LogP contribution in [0.5, 0.6) is 0 Å². The molecule has 0 saturated carbocycles. The fraction of sp³-hybridized carbons (Fsp3) is 0.400. The van der Waals surface area contributed by atoms with E-state index in [2.05, 4.69) is 17.5 Å². The van der Waals surface area contributed by atoms with Crippen molar-refractivity contribution in [2.24, 2.45) is 5.92 Å². The fourth-order valence-corrected chi connectivity index (χ4v) is 2.51. The maximum Gasteiger partial charge on any atom is 0.123 e. The minimum absolute atomic E-state index is 0.215. The molecule has 1 aromatic rings. The average molecular weight is 244 g/mol. The SMILES string of the molecule is CNc1ccc(F)cc1C1=CCCC(CC#N)C1. The highest BCUT2D eigenvalue weighted by atomic mass is 19.1. The first kappa shape index (κ1) is 12.6. The lowest BCUT2D eigenvalue weighted by molar-refractivity contribution is 0.499. The number of nitriles is 1. The summed E-state index contributed by atoms with van der Waals surface area (Å²) in [7, 11) is 1.84. The van der Waals surface area contributed by atoms with Crippen LogP contribution in [0.25, 0.3) is 5.57 Å². The van der Waals surface area contributed by atoms with Crippen LogP contribution < -0.4 is 5.32 Å². The van der Waals surface area contributed by atoms with Crippen LogP contribution in [0.4, 0.5) is 10.1 Å². The van der Waals surface area contributed by atoms with Gasteiger partial charge in [0, 0.05) is 24.7 Å². The van der Waals surface area contributed by atoms with Gasteiger partial charge in [-0.05, 0) is 49.0 Å². The number of hydrogen-bond acceptors (Lipinski definition) is 2. The molecule has 0 heterocycles. The predicted molar refractivity (Wildman–Crippen MR) is 71.5 cm³/mol. The Labute approximate surface area is 107 Å². The van der Waals surface area contributed by atoms with Crippen molar-refractivity contribution in [3.8, 4) is 6.07 Å². The van der Waals surface area contributed by atoms with Gasteiger partial charge in [0.15, 0.2) is 0 Å². The van der Waals surface area contributed by atoms with Crippen molar-refractivity contribution in [1.82, 2.24) is 0 Å². The molecule has 0 spiro atoms. The minimum atomic E-state index is -0.215. The Hall–Kier alpha value is -1.82. The van der Waals surface area contributed by atoms with Gasteiger partial charge < -0.3 is 5.32 Å². The number of halogens is 1. The zero-order chi connectivity index (χ0) is 13.0. The first-order valence-electron chi connectivity index (χ1n) is 6.28. The quantitative estimate of drug-likeness (QED) is 0.873. The summed E-state index contributed by atoms with van der Waals surface area (Å²) >= 11 is 0. The topological polar surface area (TPSA) is 35.8 Å². The fourth-order valence-electron chi connectivity index (χ4n) is 2.51. The lowest BCUT2D eigenvalue weighted by atomic mass is 9.83. The van der Waals surface area contributed by atoms with E-state index in [-0.39, 0.29) is 5.82 Å². The zero-order valence-electron chi connectivity index (χ0n) is 10.5. The van der Waals surface area contributed by atoms with Gasteiger partial charge in [-0.25, -0.2) is 4.39 Å². The number of nitrogens with zero attached hydrogens (tertiary/aromatic N) is 1. The van der Waals surface area contributed by atoms with Crippen molar-refractivity contribution >= 4 is 11.3 Å². The van der Waals surface area contributed by atoms with E-state index in [1.54, 1.807) is 12.1 Å². The molecule has 94 valence electrons. The van der Waals surface area contributed by atoms with Crippen molar-refractivity contribution in [2.75, 3.05) is 12.4 Å². The highest BCUT2D eigenvalue weighted by molar-refractivity contribution is 5.76. The van der Waals surface area contributed by atoms with E-state index in [0.29, 0.717) is 12.3 Å². The molecule has 1 atom stereocenters. The summed E-state index contributed by atoms with van der Waals surface area (Å²) in [6, 6.07) is 7.04. The van der Waals surface area contributed by atoms with Crippen LogP contribution in [0.2, 0.25) is 0 Å². The van der Waals surface area contributed by atoms with E-state index >= 15 is 0 Å². The molecular formula is C15H17FN2. The van der Waals surface area contributed by atoms with Gasteiger partial charge in [0.1, 0.15) is 5.82 Å². The van der Waals surface area contributed by atoms with Gasteiger partial charge in [-0.15, -0.1) is 0 Å². The summed E-state index contributed by atoms with van der Waals surface area (Å²) in [6.07, 6.45) is 5.65. The number of rotatable bonds is 3. The maximum absolute atomic E-state index is 13.4. The highest BCUT2D eigenvalue weighted by Crippen LogP contribution is 2.35. The van der Waals surface area contributed by atoms with Crippen molar-refractivity contribution in [2.45, 2.75) is 25.7 Å². The van der Waals surface area contributed by atoms with Crippen LogP contribution in [-0.2, 0) is 0 Å². The van der Waals surface area contributed by atoms with E-state index in [0.717, 1.165) is 36.1 Å². The van der Waals surface area contributed by atoms with Gasteiger partial charge in [-0.1, -0.05) is 6.08 Å². The molecule has 1 N–H and O–H groups in total. The lowest BCUT2D eigenvalue weighted by Crippen LogP contribution is -2.07. The Morgan fingerprint density at radius 3 is 3.06 bits per heavy atom. The van der Waals surface area contributed by atoms with E-state index in [9.17, 15) is 4.39 Å². The molecule has 1 aliphatic rings. The second kappa shape index (κ2) is 5.68. The van der Waals surface area contributed by atoms with Gasteiger partial charge in [0.05, 0.1) is 6.07 Å². The molecule has 2 nitrogen and oxygen atoms in total. The molecule has 1 aliphatic carbocycles. The average Bonchev–Trinajstić information content (AvgIpc) is 2.39. The van der Waals surface area contributed by atoms with Crippen LogP contribution in [0.15, 0.2) is 24.3 Å². The van der Waals surface area contributed by atoms with Crippen molar-refractivity contribution in [3.63, 3.8) is 0 Å². The summed E-state index contributed by atoms with van der Waals surface area (Å²) in [5, 5.41) is 11.9. The van der Waals surface area contributed by atoms with Crippen LogP contribution in [0, 0.1) is 23.1 Å². The Morgan fingerprint density at radius 1 is 1.50 bits per heavy atom. The van der Waals surface area contributed by atoms with Crippen LogP contribution in [0.1, 0.15) is 31.2 Å². The normalized spacial score (nSPS) is 18.9. The van der Waals surface area contributed by atoms with Gasteiger partial charge in [0.25, 0.3) is 0 Å². The predicted octanol–water partition coefficient (Wildman–Crippen LogP) is 3.96. The molecule has 0 amide bonds. The summed E-state index contributed by atoms with van der Waals surface area (Å²) in [5.41, 5.74) is 3.03. The third kappa shape index (κ3) is 2.70. The molecule has 0 saturated heterocycles. The summed E-state index contributed by atoms with van der Waals surface area (Å²) in [5.74, 6) is 0.190. The second-order valence-corrected chi connectivity index (χ2v) is 4.68. The minimum Gasteiger partial charge on any atom is -0.388 e. The maximum atomic E-state index is 13.4. The molecule has 1 unspecified atom stereocenters. The molecule has 0 fully saturated rings. The third-order valence-electron chi connectivity index (χ3n) is 3.45. The van der Waals surface area contributed by atoms with E-state index in [4.69, 9.17) is 5.26 Å². The number of allylic oxidation sites excluding steroid dienone is 2. The molecule has 0 aliphatic heterocycles. The lowest BCUT2D eigenvalue weighted by Gasteiger charge is -2.22. The van der Waals surface area contributed by atoms with E-state index in [1.807, 2.05) is 7.05 Å².